The molecule has 0 aliphatic carbocycles. The predicted molar refractivity (Wildman–Crippen MR) is 146 cm³/mol. The SMILES string of the molecule is O=C1CN(CCO)CCN1c1ccc(-c2ccc3nccc(Nc4ccc5scnc5c4)c3c2)c(F)c1. The number of amides is 1. The number of aromatic nitrogens is 2. The van der Waals surface area contributed by atoms with E-state index in [1.807, 2.05) is 52.9 Å². The van der Waals surface area contributed by atoms with Crippen LogP contribution in [0.1, 0.15) is 0 Å². The van der Waals surface area contributed by atoms with Crippen molar-refractivity contribution < 1.29 is 14.3 Å². The van der Waals surface area contributed by atoms with Crippen molar-refractivity contribution in [1.29, 1.82) is 0 Å². The van der Waals surface area contributed by atoms with Crippen LogP contribution in [0.5, 0.6) is 0 Å². The van der Waals surface area contributed by atoms with Crippen molar-refractivity contribution in [3.8, 4) is 11.1 Å². The number of aliphatic hydroxyl groups is 1. The molecule has 1 saturated heterocycles. The van der Waals surface area contributed by atoms with Crippen molar-refractivity contribution in [2.45, 2.75) is 0 Å². The van der Waals surface area contributed by atoms with Gasteiger partial charge in [-0.15, -0.1) is 11.3 Å². The maximum absolute atomic E-state index is 15.4. The van der Waals surface area contributed by atoms with E-state index in [4.69, 9.17) is 5.11 Å². The summed E-state index contributed by atoms with van der Waals surface area (Å²) in [5.74, 6) is -0.495. The van der Waals surface area contributed by atoms with Gasteiger partial charge in [0.2, 0.25) is 5.91 Å². The molecule has 37 heavy (non-hydrogen) atoms. The summed E-state index contributed by atoms with van der Waals surface area (Å²) in [6.07, 6.45) is 1.75. The summed E-state index contributed by atoms with van der Waals surface area (Å²) in [6.45, 7) is 1.78. The normalized spacial score (nSPS) is 14.5. The van der Waals surface area contributed by atoms with Gasteiger partial charge in [-0.1, -0.05) is 6.07 Å². The average molecular weight is 514 g/mol. The largest absolute Gasteiger partial charge is 0.395 e. The number of hydrogen-bond donors (Lipinski definition) is 2. The lowest BCUT2D eigenvalue weighted by molar-refractivity contribution is -0.121. The number of hydrogen-bond acceptors (Lipinski definition) is 7. The van der Waals surface area contributed by atoms with Crippen molar-refractivity contribution in [3.05, 3.63) is 78.2 Å². The number of β-amino-alcohol motifs (C(OH)–C–C–N with tert-alkyl or cyclic N) is 1. The minimum absolute atomic E-state index is 0.0101. The Morgan fingerprint density at radius 3 is 2.76 bits per heavy atom. The molecule has 1 aliphatic rings. The maximum atomic E-state index is 15.4. The molecule has 3 heterocycles. The summed E-state index contributed by atoms with van der Waals surface area (Å²) >= 11 is 1.60. The highest BCUT2D eigenvalue weighted by atomic mass is 32.1. The van der Waals surface area contributed by atoms with Crippen LogP contribution in [0.2, 0.25) is 0 Å². The van der Waals surface area contributed by atoms with Crippen LogP contribution in [0.15, 0.2) is 72.4 Å². The number of piperazine rings is 1. The highest BCUT2D eigenvalue weighted by molar-refractivity contribution is 7.16. The van der Waals surface area contributed by atoms with Gasteiger partial charge >= 0.3 is 0 Å². The zero-order valence-corrected chi connectivity index (χ0v) is 20.7. The molecule has 1 aliphatic heterocycles. The first kappa shape index (κ1) is 23.5. The Morgan fingerprint density at radius 1 is 1.00 bits per heavy atom. The first-order valence-corrected chi connectivity index (χ1v) is 12.9. The van der Waals surface area contributed by atoms with E-state index >= 15 is 4.39 Å². The van der Waals surface area contributed by atoms with Crippen LogP contribution < -0.4 is 10.2 Å². The number of rotatable bonds is 6. The number of benzene rings is 3. The Labute approximate surface area is 216 Å². The minimum Gasteiger partial charge on any atom is -0.395 e. The Bertz CT molecular complexity index is 1620. The van der Waals surface area contributed by atoms with Gasteiger partial charge in [-0.05, 0) is 60.2 Å². The number of carbonyl (C=O) groups is 1. The van der Waals surface area contributed by atoms with E-state index in [0.717, 1.165) is 38.1 Å². The van der Waals surface area contributed by atoms with Crippen LogP contribution in [0.25, 0.3) is 32.2 Å². The third-order valence-electron chi connectivity index (χ3n) is 6.64. The predicted octanol–water partition coefficient (Wildman–Crippen LogP) is 5.04. The smallest absolute Gasteiger partial charge is 0.241 e. The molecule has 2 N–H and O–H groups in total. The van der Waals surface area contributed by atoms with Crippen molar-refractivity contribution in [2.75, 3.05) is 43.0 Å². The monoisotopic (exact) mass is 513 g/mol. The van der Waals surface area contributed by atoms with E-state index in [1.54, 1.807) is 34.6 Å². The van der Waals surface area contributed by atoms with Crippen LogP contribution in [0.3, 0.4) is 0 Å². The summed E-state index contributed by atoms with van der Waals surface area (Å²) in [4.78, 5) is 25.0. The summed E-state index contributed by atoms with van der Waals surface area (Å²) < 4.78 is 16.5. The third kappa shape index (κ3) is 4.64. The number of halogens is 1. The fraction of sp³-hybridized carbons (Fsp3) is 0.179. The first-order valence-electron chi connectivity index (χ1n) is 12.0. The zero-order valence-electron chi connectivity index (χ0n) is 19.9. The van der Waals surface area contributed by atoms with E-state index in [0.29, 0.717) is 30.9 Å². The van der Waals surface area contributed by atoms with Crippen LogP contribution in [0, 0.1) is 5.82 Å². The highest BCUT2D eigenvalue weighted by Gasteiger charge is 2.25. The molecule has 2 aromatic heterocycles. The average Bonchev–Trinajstić information content (AvgIpc) is 3.37. The zero-order chi connectivity index (χ0) is 25.4. The number of thiazole rings is 1. The van der Waals surface area contributed by atoms with E-state index in [9.17, 15) is 4.79 Å². The lowest BCUT2D eigenvalue weighted by Crippen LogP contribution is -2.51. The molecule has 5 aromatic rings. The number of fused-ring (bicyclic) bond motifs is 2. The molecule has 0 bridgehead atoms. The van der Waals surface area contributed by atoms with Gasteiger partial charge in [0.05, 0.1) is 34.4 Å². The second-order valence-electron chi connectivity index (χ2n) is 8.96. The van der Waals surface area contributed by atoms with Crippen molar-refractivity contribution >= 4 is 55.4 Å². The Morgan fingerprint density at radius 2 is 1.92 bits per heavy atom. The standard InChI is InChI=1S/C28H24FN5O2S/c29-23-15-20(34-10-9-33(11-12-35)16-28(34)36)3-4-21(23)18-1-5-24-22(13-18)25(7-8-30-24)32-19-2-6-27-26(14-19)31-17-37-27/h1-8,13-15,17,35H,9-12,16H2,(H,30,32). The number of carbonyl (C=O) groups excluding carboxylic acids is 1. The van der Waals surface area contributed by atoms with Crippen molar-refractivity contribution in [2.24, 2.45) is 0 Å². The number of anilines is 3. The quantitative estimate of drug-likeness (QED) is 0.331. The molecule has 0 spiro atoms. The summed E-state index contributed by atoms with van der Waals surface area (Å²) in [5, 5.41) is 13.5. The van der Waals surface area contributed by atoms with Crippen LogP contribution in [-0.2, 0) is 4.79 Å². The second-order valence-corrected chi connectivity index (χ2v) is 9.85. The number of pyridine rings is 1. The van der Waals surface area contributed by atoms with Gasteiger partial charge in [0.1, 0.15) is 5.82 Å². The van der Waals surface area contributed by atoms with Gasteiger partial charge in [-0.3, -0.25) is 14.7 Å². The van der Waals surface area contributed by atoms with E-state index in [2.05, 4.69) is 15.3 Å². The summed E-state index contributed by atoms with van der Waals surface area (Å²) in [5.41, 5.74) is 7.06. The number of aliphatic hydroxyl groups excluding tert-OH is 1. The molecule has 0 saturated carbocycles. The molecule has 6 rings (SSSR count). The van der Waals surface area contributed by atoms with Crippen LogP contribution in [-0.4, -0.2) is 58.7 Å². The second kappa shape index (κ2) is 9.85. The number of nitrogens with zero attached hydrogens (tertiary/aromatic N) is 4. The lowest BCUT2D eigenvalue weighted by Gasteiger charge is -2.34. The topological polar surface area (TPSA) is 81.6 Å². The molecule has 7 nitrogen and oxygen atoms in total. The van der Waals surface area contributed by atoms with Gasteiger partial charge in [0, 0.05) is 53.8 Å². The summed E-state index contributed by atoms with van der Waals surface area (Å²) in [7, 11) is 0. The third-order valence-corrected chi connectivity index (χ3v) is 7.45. The fourth-order valence-corrected chi connectivity index (χ4v) is 5.41. The molecule has 0 atom stereocenters. The van der Waals surface area contributed by atoms with Crippen LogP contribution >= 0.6 is 11.3 Å². The molecule has 0 radical (unpaired) electrons. The molecule has 186 valence electrons. The van der Waals surface area contributed by atoms with E-state index < -0.39 is 5.82 Å². The molecule has 1 fully saturated rings. The fourth-order valence-electron chi connectivity index (χ4n) is 4.75. The number of nitrogens with one attached hydrogen (secondary N) is 1. The summed E-state index contributed by atoms with van der Waals surface area (Å²) in [6, 6.07) is 18.6. The molecular formula is C28H24FN5O2S. The van der Waals surface area contributed by atoms with Gasteiger partial charge in [0.15, 0.2) is 0 Å². The van der Waals surface area contributed by atoms with Gasteiger partial charge in [-0.25, -0.2) is 9.37 Å². The molecule has 1 amide bonds. The van der Waals surface area contributed by atoms with Crippen molar-refractivity contribution in [3.63, 3.8) is 0 Å². The molecule has 3 aromatic carbocycles. The van der Waals surface area contributed by atoms with Gasteiger partial charge in [0.25, 0.3) is 0 Å². The maximum Gasteiger partial charge on any atom is 0.241 e. The lowest BCUT2D eigenvalue weighted by atomic mass is 10.0. The highest BCUT2D eigenvalue weighted by Crippen LogP contribution is 2.33. The molecule has 9 heteroatoms. The van der Waals surface area contributed by atoms with Gasteiger partial charge in [-0.2, -0.15) is 0 Å². The van der Waals surface area contributed by atoms with Crippen LogP contribution in [0.4, 0.5) is 21.5 Å². The van der Waals surface area contributed by atoms with E-state index in [1.165, 1.54) is 6.07 Å². The Kier molecular flexibility index (Phi) is 6.25. The Hall–Kier alpha value is -3.92. The van der Waals surface area contributed by atoms with E-state index in [-0.39, 0.29) is 19.1 Å². The molecule has 0 unspecified atom stereocenters. The first-order chi connectivity index (χ1) is 18.1. The van der Waals surface area contributed by atoms with Gasteiger partial charge < -0.3 is 15.3 Å². The molecular weight excluding hydrogens is 489 g/mol. The Balaban J connectivity index is 1.29. The minimum atomic E-state index is -0.394. The van der Waals surface area contributed by atoms with Crippen molar-refractivity contribution in [1.82, 2.24) is 14.9 Å².